The van der Waals surface area contributed by atoms with Crippen molar-refractivity contribution in [2.45, 2.75) is 45.1 Å². The van der Waals surface area contributed by atoms with Gasteiger partial charge in [-0.3, -0.25) is 13.9 Å². The molecule has 5 rings (SSSR count). The van der Waals surface area contributed by atoms with Crippen LogP contribution in [0.4, 0.5) is 19.1 Å². The highest BCUT2D eigenvalue weighted by Gasteiger charge is 2.34. The molecule has 0 radical (unpaired) electrons. The molecule has 2 aromatic heterocycles. The predicted molar refractivity (Wildman–Crippen MR) is 143 cm³/mol. The van der Waals surface area contributed by atoms with Gasteiger partial charge in [0.15, 0.2) is 11.2 Å². The lowest BCUT2D eigenvalue weighted by Crippen LogP contribution is -2.44. The van der Waals surface area contributed by atoms with E-state index in [4.69, 9.17) is 10.7 Å². The number of fused-ring (bicyclic) bond motifs is 1. The molecule has 2 aromatic carbocycles. The van der Waals surface area contributed by atoms with Crippen LogP contribution in [-0.4, -0.2) is 37.8 Å². The molecule has 1 saturated heterocycles. The van der Waals surface area contributed by atoms with Crippen molar-refractivity contribution in [1.29, 1.82) is 0 Å². The van der Waals surface area contributed by atoms with Crippen molar-refractivity contribution < 1.29 is 13.2 Å². The highest BCUT2D eigenvalue weighted by atomic mass is 19.4. The summed E-state index contributed by atoms with van der Waals surface area (Å²) in [5.74, 6) is 6.23. The number of nitrogens with two attached hydrogens (primary N) is 1. The monoisotopic (exact) mass is 536 g/mol. The molecule has 0 saturated carbocycles. The maximum Gasteiger partial charge on any atom is 0.416 e. The Kier molecular flexibility index (Phi) is 7.06. The van der Waals surface area contributed by atoms with E-state index in [0.717, 1.165) is 23.5 Å². The molecular formula is C28H27F3N6O2. The lowest BCUT2D eigenvalue weighted by molar-refractivity contribution is -0.138. The molecule has 0 aliphatic carbocycles. The van der Waals surface area contributed by atoms with E-state index in [1.54, 1.807) is 41.8 Å². The molecular weight excluding hydrogens is 509 g/mol. The highest BCUT2D eigenvalue weighted by Crippen LogP contribution is 2.32. The zero-order chi connectivity index (χ0) is 27.7. The minimum Gasteiger partial charge on any atom is -0.341 e. The summed E-state index contributed by atoms with van der Waals surface area (Å²) in [6.45, 7) is 2.37. The highest BCUT2D eigenvalue weighted by molar-refractivity contribution is 5.77. The number of alkyl halides is 3. The van der Waals surface area contributed by atoms with E-state index in [-0.39, 0.29) is 29.3 Å². The molecule has 39 heavy (non-hydrogen) atoms. The number of rotatable bonds is 5. The molecule has 11 heteroatoms. The molecule has 1 aliphatic heterocycles. The summed E-state index contributed by atoms with van der Waals surface area (Å²) < 4.78 is 45.1. The van der Waals surface area contributed by atoms with E-state index >= 15 is 0 Å². The Hall–Kier alpha value is -4.30. The molecule has 1 fully saturated rings. The van der Waals surface area contributed by atoms with Crippen LogP contribution in [0.2, 0.25) is 0 Å². The molecule has 0 spiro atoms. The Balaban J connectivity index is 1.83. The van der Waals surface area contributed by atoms with E-state index in [1.807, 2.05) is 4.90 Å². The number of halogens is 3. The Morgan fingerprint density at radius 3 is 2.46 bits per heavy atom. The normalized spacial score (nSPS) is 15.8. The van der Waals surface area contributed by atoms with Gasteiger partial charge in [0, 0.05) is 19.1 Å². The first kappa shape index (κ1) is 26.3. The van der Waals surface area contributed by atoms with E-state index in [1.165, 1.54) is 22.8 Å². The van der Waals surface area contributed by atoms with Crippen molar-refractivity contribution in [2.24, 2.45) is 5.73 Å². The molecule has 0 amide bonds. The first-order chi connectivity index (χ1) is 18.7. The van der Waals surface area contributed by atoms with E-state index in [0.29, 0.717) is 24.7 Å². The smallest absolute Gasteiger partial charge is 0.341 e. The van der Waals surface area contributed by atoms with Crippen LogP contribution >= 0.6 is 0 Å². The quantitative estimate of drug-likeness (QED) is 0.395. The minimum atomic E-state index is -4.65. The lowest BCUT2D eigenvalue weighted by Gasteiger charge is -2.31. The molecule has 1 aliphatic rings. The van der Waals surface area contributed by atoms with Crippen LogP contribution in [0.1, 0.15) is 30.9 Å². The molecule has 8 nitrogen and oxygen atoms in total. The van der Waals surface area contributed by atoms with Gasteiger partial charge in [-0.1, -0.05) is 42.3 Å². The maximum atomic E-state index is 14.0. The van der Waals surface area contributed by atoms with Crippen molar-refractivity contribution in [2.75, 3.05) is 18.0 Å². The summed E-state index contributed by atoms with van der Waals surface area (Å²) in [5.41, 5.74) is 4.22. The Bertz CT molecular complexity index is 1690. The first-order valence-electron chi connectivity index (χ1n) is 12.6. The van der Waals surface area contributed by atoms with Gasteiger partial charge in [0.05, 0.1) is 24.3 Å². The van der Waals surface area contributed by atoms with E-state index in [2.05, 4.69) is 11.8 Å². The van der Waals surface area contributed by atoms with Crippen LogP contribution < -0.4 is 21.9 Å². The third-order valence-corrected chi connectivity index (χ3v) is 6.83. The summed E-state index contributed by atoms with van der Waals surface area (Å²) in [6.07, 6.45) is -2.97. The fourth-order valence-electron chi connectivity index (χ4n) is 5.02. The van der Waals surface area contributed by atoms with Gasteiger partial charge in [0.25, 0.3) is 5.56 Å². The van der Waals surface area contributed by atoms with Gasteiger partial charge in [-0.05, 0) is 43.5 Å². The average molecular weight is 537 g/mol. The van der Waals surface area contributed by atoms with Gasteiger partial charge < -0.3 is 10.6 Å². The number of imidazole rings is 1. The number of aromatic nitrogens is 4. The number of hydrogen-bond donors (Lipinski definition) is 1. The van der Waals surface area contributed by atoms with Crippen molar-refractivity contribution in [3.63, 3.8) is 0 Å². The molecule has 0 bridgehead atoms. The molecule has 1 atom stereocenters. The maximum absolute atomic E-state index is 14.0. The van der Waals surface area contributed by atoms with Crippen LogP contribution in [0.25, 0.3) is 16.9 Å². The van der Waals surface area contributed by atoms with Crippen LogP contribution in [0.3, 0.4) is 0 Å². The number of nitrogens with zero attached hydrogens (tertiary/aromatic N) is 5. The van der Waals surface area contributed by atoms with Crippen molar-refractivity contribution in [3.05, 3.63) is 86.6 Å². The van der Waals surface area contributed by atoms with Crippen LogP contribution in [0.5, 0.6) is 0 Å². The molecule has 3 heterocycles. The average Bonchev–Trinajstić information content (AvgIpc) is 3.29. The van der Waals surface area contributed by atoms with E-state index < -0.39 is 29.5 Å². The molecule has 2 N–H and O–H groups in total. The van der Waals surface area contributed by atoms with Crippen molar-refractivity contribution in [3.8, 4) is 17.5 Å². The molecule has 1 unspecified atom stereocenters. The number of piperidine rings is 1. The predicted octanol–water partition coefficient (Wildman–Crippen LogP) is 3.37. The summed E-state index contributed by atoms with van der Waals surface area (Å²) >= 11 is 0. The minimum absolute atomic E-state index is 0.0832. The third-order valence-electron chi connectivity index (χ3n) is 6.83. The molecule has 4 aromatic rings. The summed E-state index contributed by atoms with van der Waals surface area (Å²) in [5, 5.41) is 0. The van der Waals surface area contributed by atoms with Gasteiger partial charge in [-0.2, -0.15) is 18.2 Å². The second-order valence-electron chi connectivity index (χ2n) is 9.44. The van der Waals surface area contributed by atoms with Crippen LogP contribution in [0.15, 0.2) is 64.2 Å². The number of anilines is 1. The fourth-order valence-corrected chi connectivity index (χ4v) is 5.02. The van der Waals surface area contributed by atoms with Crippen LogP contribution in [-0.2, 0) is 19.3 Å². The zero-order valence-electron chi connectivity index (χ0n) is 21.3. The van der Waals surface area contributed by atoms with E-state index in [9.17, 15) is 22.8 Å². The van der Waals surface area contributed by atoms with Gasteiger partial charge >= 0.3 is 11.9 Å². The van der Waals surface area contributed by atoms with Crippen molar-refractivity contribution >= 4 is 17.1 Å². The zero-order valence-corrected chi connectivity index (χ0v) is 21.3. The Morgan fingerprint density at radius 1 is 1.05 bits per heavy atom. The largest absolute Gasteiger partial charge is 0.416 e. The Labute approximate surface area is 222 Å². The number of benzene rings is 2. The fraction of sp³-hybridized carbons (Fsp3) is 0.321. The summed E-state index contributed by atoms with van der Waals surface area (Å²) in [7, 11) is 0. The Morgan fingerprint density at radius 2 is 1.77 bits per heavy atom. The van der Waals surface area contributed by atoms with Gasteiger partial charge in [0.2, 0.25) is 5.95 Å². The summed E-state index contributed by atoms with van der Waals surface area (Å²) in [6, 6.07) is 13.4. The van der Waals surface area contributed by atoms with Gasteiger partial charge in [-0.25, -0.2) is 9.36 Å². The van der Waals surface area contributed by atoms with Crippen LogP contribution in [0, 0.1) is 11.8 Å². The topological polar surface area (TPSA) is 91.1 Å². The molecule has 202 valence electrons. The third kappa shape index (κ3) is 4.95. The van der Waals surface area contributed by atoms with Gasteiger partial charge in [-0.15, -0.1) is 5.92 Å². The SMILES string of the molecule is CC#CCn1c(N2CCCC(N)C2)nc2c1c(=O)n(Cc1ccccc1C(F)(F)F)c(=O)n2-c1ccccc1. The lowest BCUT2D eigenvalue weighted by atomic mass is 10.1. The van der Waals surface area contributed by atoms with Crippen molar-refractivity contribution in [1.82, 2.24) is 18.7 Å². The summed E-state index contributed by atoms with van der Waals surface area (Å²) in [4.78, 5) is 34.6. The first-order valence-corrected chi connectivity index (χ1v) is 12.6. The second-order valence-corrected chi connectivity index (χ2v) is 9.44. The second kappa shape index (κ2) is 10.5. The number of para-hydroxylation sites is 1. The van der Waals surface area contributed by atoms with Gasteiger partial charge in [0.1, 0.15) is 0 Å². The number of hydrogen-bond acceptors (Lipinski definition) is 5. The standard InChI is InChI=1S/C28H27F3N6O2/c1-2-3-16-35-23-24(33-26(35)34-15-9-11-20(32)18-34)37(21-12-5-4-6-13-21)27(39)36(25(23)38)17-19-10-7-8-14-22(19)28(29,30)31/h4-8,10,12-14,20H,9,11,15-18,32H2,1H3.